The summed E-state index contributed by atoms with van der Waals surface area (Å²) in [7, 11) is 3.05. The van der Waals surface area contributed by atoms with E-state index in [9.17, 15) is 4.79 Å². The standard InChI is InChI=1S/C50H53F5N6O7/c1-26-38(50(53,54)55)33(20-35(39(26)51)59(21-28-8-13-31(63-6)14-9-28)22-29-10-15-32(64-7)16-11-29)41-40(52)42-37-44(58-46(57-42)66-25-49(18-19-49)36-24-65-36)60-23-30-12-17-34(43(60)27(2)67-45(37)56-41)61(30)47(62)68-48(3,4)5/h8-11,13-16,20,27,30,34,36,43H,12,17-19,21-25H2,1-7H3/t27-,30+,34-,36?,43+/m0/s1. The number of piperazine rings is 1. The first-order valence-electron chi connectivity index (χ1n) is 22.9. The molecule has 4 fully saturated rings. The lowest BCUT2D eigenvalue weighted by Gasteiger charge is -2.48. The van der Waals surface area contributed by atoms with Gasteiger partial charge in [-0.3, -0.25) is 4.90 Å². The number of carbonyl (C=O) groups is 1. The molecular formula is C50H53F5N6O7. The van der Waals surface area contributed by atoms with Gasteiger partial charge < -0.3 is 38.2 Å². The number of alkyl halides is 3. The van der Waals surface area contributed by atoms with Crippen LogP contribution in [0.2, 0.25) is 0 Å². The molecule has 0 radical (unpaired) electrons. The third kappa shape index (κ3) is 8.31. The number of epoxide rings is 1. The average Bonchev–Trinajstić information content (AvgIpc) is 4.24. The number of ether oxygens (including phenoxy) is 6. The fraction of sp³-hybridized carbons (Fsp3) is 0.480. The number of halogens is 5. The number of methoxy groups -OCH3 is 2. The number of aromatic nitrogens is 3. The van der Waals surface area contributed by atoms with Crippen molar-refractivity contribution in [1.82, 2.24) is 19.9 Å². The Morgan fingerprint density at radius 3 is 2.10 bits per heavy atom. The van der Waals surface area contributed by atoms with E-state index < -0.39 is 70.1 Å². The monoisotopic (exact) mass is 944 g/mol. The number of nitrogens with zero attached hydrogens (tertiary/aromatic N) is 6. The number of carbonyl (C=O) groups excluding carboxylic acids is 1. The Hall–Kier alpha value is -6.17. The van der Waals surface area contributed by atoms with E-state index in [4.69, 9.17) is 33.4 Å². The van der Waals surface area contributed by atoms with E-state index in [1.807, 2.05) is 4.90 Å². The Labute approximate surface area is 390 Å². The molecule has 1 amide bonds. The maximum absolute atomic E-state index is 17.9. The maximum atomic E-state index is 17.9. The molecular weight excluding hydrogens is 892 g/mol. The van der Waals surface area contributed by atoms with E-state index >= 15 is 22.0 Å². The van der Waals surface area contributed by atoms with Crippen LogP contribution in [0.4, 0.5) is 38.3 Å². The van der Waals surface area contributed by atoms with E-state index in [0.29, 0.717) is 42.1 Å². The van der Waals surface area contributed by atoms with Crippen LogP contribution in [-0.4, -0.2) is 95.9 Å². The molecule has 3 aromatic carbocycles. The lowest BCUT2D eigenvalue weighted by molar-refractivity contribution is -0.137. The van der Waals surface area contributed by atoms with E-state index in [1.165, 1.54) is 14.2 Å². The number of fused-ring (bicyclic) bond motifs is 5. The largest absolute Gasteiger partial charge is 0.497 e. The molecule has 0 spiro atoms. The van der Waals surface area contributed by atoms with Gasteiger partial charge in [-0.25, -0.2) is 18.6 Å². The lowest BCUT2D eigenvalue weighted by Crippen LogP contribution is -2.65. The van der Waals surface area contributed by atoms with E-state index in [0.717, 1.165) is 25.8 Å². The number of pyridine rings is 1. The van der Waals surface area contributed by atoms with Crippen LogP contribution in [0.15, 0.2) is 54.6 Å². The van der Waals surface area contributed by atoms with Gasteiger partial charge in [0.25, 0.3) is 0 Å². The van der Waals surface area contributed by atoms with Crippen LogP contribution >= 0.6 is 0 Å². The molecule has 13 nitrogen and oxygen atoms in total. The Morgan fingerprint density at radius 1 is 0.912 bits per heavy atom. The summed E-state index contributed by atoms with van der Waals surface area (Å²) in [5, 5.41) is 0.0398. The first-order valence-corrected chi connectivity index (χ1v) is 22.9. The Balaban J connectivity index is 1.14. The highest BCUT2D eigenvalue weighted by atomic mass is 19.4. The van der Waals surface area contributed by atoms with Gasteiger partial charge >= 0.3 is 18.3 Å². The zero-order valence-electron chi connectivity index (χ0n) is 38.9. The molecule has 10 rings (SSSR count). The van der Waals surface area contributed by atoms with Crippen LogP contribution in [0.5, 0.6) is 23.4 Å². The highest BCUT2D eigenvalue weighted by Crippen LogP contribution is 2.55. The SMILES string of the molecule is COc1ccc(CN(Cc2ccc(OC)cc2)c2cc(-c3nc4c5c(nc(OCC6(C7CO7)CC6)nc5c3F)N3C[C@H]5CC[C@@H]([C@H]3[C@H](C)O4)N5C(=O)OC(C)(C)C)c(C(F)(F)F)c(C)c2F)cc1. The number of anilines is 2. The normalized spacial score (nSPS) is 22.3. The second-order valence-electron chi connectivity index (χ2n) is 19.6. The molecule has 360 valence electrons. The van der Waals surface area contributed by atoms with E-state index in [1.54, 1.807) is 86.0 Å². The zero-order chi connectivity index (χ0) is 48.0. The summed E-state index contributed by atoms with van der Waals surface area (Å²) in [6.45, 7) is 9.32. The molecule has 68 heavy (non-hydrogen) atoms. The summed E-state index contributed by atoms with van der Waals surface area (Å²) in [6, 6.07) is 13.5. The summed E-state index contributed by atoms with van der Waals surface area (Å²) in [6.07, 6.45) is -3.43. The molecule has 1 unspecified atom stereocenters. The van der Waals surface area contributed by atoms with Crippen LogP contribution in [-0.2, 0) is 28.7 Å². The summed E-state index contributed by atoms with van der Waals surface area (Å²) in [5.74, 6) is -1.17. The van der Waals surface area contributed by atoms with Crippen molar-refractivity contribution in [1.29, 1.82) is 0 Å². The second kappa shape index (κ2) is 16.8. The van der Waals surface area contributed by atoms with Crippen molar-refractivity contribution < 1.29 is 55.2 Å². The van der Waals surface area contributed by atoms with Gasteiger partial charge in [0.05, 0.1) is 62.9 Å². The van der Waals surface area contributed by atoms with Crippen molar-refractivity contribution in [3.63, 3.8) is 0 Å². The van der Waals surface area contributed by atoms with E-state index in [-0.39, 0.29) is 78.1 Å². The summed E-state index contributed by atoms with van der Waals surface area (Å²) in [4.78, 5) is 33.2. The predicted molar refractivity (Wildman–Crippen MR) is 241 cm³/mol. The van der Waals surface area contributed by atoms with Crippen LogP contribution in [0, 0.1) is 24.0 Å². The van der Waals surface area contributed by atoms with Gasteiger partial charge in [0, 0.05) is 30.6 Å². The molecule has 5 aliphatic rings. The molecule has 1 aliphatic carbocycles. The molecule has 18 heteroatoms. The summed E-state index contributed by atoms with van der Waals surface area (Å²) < 4.78 is 117. The minimum atomic E-state index is -5.17. The van der Waals surface area contributed by atoms with Crippen molar-refractivity contribution in [2.24, 2.45) is 5.41 Å². The van der Waals surface area contributed by atoms with Crippen LogP contribution in [0.1, 0.15) is 75.6 Å². The van der Waals surface area contributed by atoms with Crippen molar-refractivity contribution in [2.45, 2.75) is 116 Å². The summed E-state index contributed by atoms with van der Waals surface area (Å²) in [5.41, 5.74) is -3.83. The van der Waals surface area contributed by atoms with Crippen LogP contribution in [0.25, 0.3) is 22.2 Å². The minimum Gasteiger partial charge on any atom is -0.497 e. The van der Waals surface area contributed by atoms with Gasteiger partial charge in [-0.2, -0.15) is 23.1 Å². The van der Waals surface area contributed by atoms with Crippen molar-refractivity contribution >= 4 is 28.5 Å². The average molecular weight is 945 g/mol. The zero-order valence-corrected chi connectivity index (χ0v) is 38.9. The smallest absolute Gasteiger partial charge is 0.417 e. The molecule has 6 heterocycles. The molecule has 5 aromatic rings. The lowest BCUT2D eigenvalue weighted by atomic mass is 9.95. The first kappa shape index (κ1) is 45.6. The highest BCUT2D eigenvalue weighted by molar-refractivity contribution is 5.98. The quantitative estimate of drug-likeness (QED) is 0.0874. The van der Waals surface area contributed by atoms with Gasteiger partial charge in [0.1, 0.15) is 51.4 Å². The van der Waals surface area contributed by atoms with Crippen LogP contribution < -0.4 is 28.7 Å². The minimum absolute atomic E-state index is 0.0181. The molecule has 1 saturated carbocycles. The fourth-order valence-corrected chi connectivity index (χ4v) is 10.3. The Morgan fingerprint density at radius 2 is 1.54 bits per heavy atom. The van der Waals surface area contributed by atoms with Crippen molar-refractivity contribution in [2.75, 3.05) is 43.8 Å². The topological polar surface area (TPSA) is 124 Å². The van der Waals surface area contributed by atoms with Gasteiger partial charge in [0.15, 0.2) is 5.82 Å². The van der Waals surface area contributed by atoms with Gasteiger partial charge in [-0.05, 0) is 107 Å². The number of amides is 1. The Kier molecular flexibility index (Phi) is 11.3. The predicted octanol–water partition coefficient (Wildman–Crippen LogP) is 9.82. The third-order valence-electron chi connectivity index (χ3n) is 13.9. The Bertz CT molecular complexity index is 2710. The number of hydrogen-bond acceptors (Lipinski definition) is 12. The fourth-order valence-electron chi connectivity index (χ4n) is 10.3. The van der Waals surface area contributed by atoms with Gasteiger partial charge in [-0.1, -0.05) is 24.3 Å². The van der Waals surface area contributed by atoms with Gasteiger partial charge in [0.2, 0.25) is 5.88 Å². The van der Waals surface area contributed by atoms with Gasteiger partial charge in [-0.15, -0.1) is 0 Å². The number of rotatable bonds is 12. The van der Waals surface area contributed by atoms with Crippen molar-refractivity contribution in [3.05, 3.63) is 88.5 Å². The molecule has 3 saturated heterocycles. The molecule has 2 bridgehead atoms. The first-order chi connectivity index (χ1) is 32.4. The number of hydrogen-bond donors (Lipinski definition) is 0. The molecule has 5 atom stereocenters. The molecule has 4 aliphatic heterocycles. The maximum Gasteiger partial charge on any atom is 0.417 e. The molecule has 2 aromatic heterocycles. The molecule has 0 N–H and O–H groups in total. The number of benzene rings is 3. The second-order valence-corrected chi connectivity index (χ2v) is 19.6. The van der Waals surface area contributed by atoms with Crippen molar-refractivity contribution in [3.8, 4) is 34.6 Å². The van der Waals surface area contributed by atoms with Crippen LogP contribution in [0.3, 0.4) is 0 Å². The van der Waals surface area contributed by atoms with E-state index in [2.05, 4.69) is 9.97 Å². The third-order valence-corrected chi connectivity index (χ3v) is 13.9. The highest BCUT2D eigenvalue weighted by Gasteiger charge is 2.57. The summed E-state index contributed by atoms with van der Waals surface area (Å²) >= 11 is 0.